The summed E-state index contributed by atoms with van der Waals surface area (Å²) in [7, 11) is 0. The summed E-state index contributed by atoms with van der Waals surface area (Å²) in [6.07, 6.45) is 0. The molecule has 3 heteroatoms. The van der Waals surface area contributed by atoms with Gasteiger partial charge in [0.05, 0.1) is 6.54 Å². The normalized spacial score (nSPS) is 10.2. The minimum absolute atomic E-state index is 0.0474. The molecule has 2 N–H and O–H groups in total. The molecule has 2 rings (SSSR count). The average molecular weight is 268 g/mol. The number of hydrogen-bond acceptors (Lipinski definition) is 2. The van der Waals surface area contributed by atoms with Crippen molar-refractivity contribution in [3.05, 3.63) is 59.2 Å². The van der Waals surface area contributed by atoms with Crippen LogP contribution in [0.15, 0.2) is 42.5 Å². The first kappa shape index (κ1) is 14.1. The molecular formula is C17H20N2O. The minimum atomic E-state index is -0.0474. The van der Waals surface area contributed by atoms with Gasteiger partial charge in [-0.2, -0.15) is 0 Å². The maximum absolute atomic E-state index is 11.9. The van der Waals surface area contributed by atoms with E-state index in [1.807, 2.05) is 50.2 Å². The Balaban J connectivity index is 1.90. The minimum Gasteiger partial charge on any atom is -0.376 e. The molecule has 1 amide bonds. The maximum atomic E-state index is 11.9. The number of nitrogens with one attached hydrogen (secondary N) is 2. The lowest BCUT2D eigenvalue weighted by Gasteiger charge is -2.10. The van der Waals surface area contributed by atoms with Crippen LogP contribution in [-0.4, -0.2) is 12.5 Å². The Hall–Kier alpha value is -2.29. The smallest absolute Gasteiger partial charge is 0.243 e. The summed E-state index contributed by atoms with van der Waals surface area (Å²) in [5, 5.41) is 6.03. The van der Waals surface area contributed by atoms with Crippen LogP contribution in [0.5, 0.6) is 0 Å². The predicted octanol–water partition coefficient (Wildman–Crippen LogP) is 3.66. The van der Waals surface area contributed by atoms with Gasteiger partial charge in [-0.1, -0.05) is 35.4 Å². The molecule has 0 saturated carbocycles. The Kier molecular flexibility index (Phi) is 4.41. The van der Waals surface area contributed by atoms with E-state index in [-0.39, 0.29) is 12.5 Å². The maximum Gasteiger partial charge on any atom is 0.243 e. The Morgan fingerprint density at radius 3 is 2.25 bits per heavy atom. The van der Waals surface area contributed by atoms with Crippen LogP contribution in [0.2, 0.25) is 0 Å². The molecule has 0 bridgehead atoms. The molecule has 0 aliphatic carbocycles. The molecule has 104 valence electrons. The number of aryl methyl sites for hydroxylation is 3. The van der Waals surface area contributed by atoms with E-state index in [2.05, 4.69) is 23.6 Å². The predicted molar refractivity (Wildman–Crippen MR) is 84.2 cm³/mol. The number of rotatable bonds is 4. The number of carbonyl (C=O) groups is 1. The number of benzene rings is 2. The van der Waals surface area contributed by atoms with Crippen LogP contribution in [0.3, 0.4) is 0 Å². The third-order valence-corrected chi connectivity index (χ3v) is 3.16. The van der Waals surface area contributed by atoms with E-state index in [9.17, 15) is 4.79 Å². The standard InChI is InChI=1S/C17H20N2O/c1-12-4-7-15(8-5-12)19-17(20)11-18-16-9-6-13(2)10-14(16)3/h4-10,18H,11H2,1-3H3,(H,19,20). The summed E-state index contributed by atoms with van der Waals surface area (Å²) in [5.41, 5.74) is 5.36. The molecule has 0 spiro atoms. The van der Waals surface area contributed by atoms with Gasteiger partial charge in [0, 0.05) is 11.4 Å². The van der Waals surface area contributed by atoms with E-state index in [4.69, 9.17) is 0 Å². The summed E-state index contributed by atoms with van der Waals surface area (Å²) in [6.45, 7) is 6.37. The van der Waals surface area contributed by atoms with Gasteiger partial charge in [-0.15, -0.1) is 0 Å². The number of hydrogen-bond donors (Lipinski definition) is 2. The van der Waals surface area contributed by atoms with Crippen LogP contribution in [0.25, 0.3) is 0 Å². The second-order valence-electron chi connectivity index (χ2n) is 5.09. The van der Waals surface area contributed by atoms with Gasteiger partial charge < -0.3 is 10.6 Å². The van der Waals surface area contributed by atoms with Crippen LogP contribution < -0.4 is 10.6 Å². The van der Waals surface area contributed by atoms with Gasteiger partial charge in [0.25, 0.3) is 0 Å². The Morgan fingerprint density at radius 2 is 1.60 bits per heavy atom. The molecule has 0 aromatic heterocycles. The third kappa shape index (κ3) is 3.85. The van der Waals surface area contributed by atoms with Gasteiger partial charge in [0.2, 0.25) is 5.91 Å². The number of anilines is 2. The van der Waals surface area contributed by atoms with Crippen molar-refractivity contribution in [1.29, 1.82) is 0 Å². The molecule has 0 fully saturated rings. The first-order valence-corrected chi connectivity index (χ1v) is 6.72. The SMILES string of the molecule is Cc1ccc(NC(=O)CNc2ccc(C)cc2C)cc1. The van der Waals surface area contributed by atoms with Crippen molar-refractivity contribution in [3.63, 3.8) is 0 Å². The van der Waals surface area contributed by atoms with E-state index in [1.165, 1.54) is 11.1 Å². The summed E-state index contributed by atoms with van der Waals surface area (Å²) in [5.74, 6) is -0.0474. The number of carbonyl (C=O) groups excluding carboxylic acids is 1. The molecule has 0 heterocycles. The summed E-state index contributed by atoms with van der Waals surface area (Å²) < 4.78 is 0. The Bertz CT molecular complexity index is 603. The van der Waals surface area contributed by atoms with Crippen LogP contribution in [-0.2, 0) is 4.79 Å². The highest BCUT2D eigenvalue weighted by Crippen LogP contribution is 2.15. The van der Waals surface area contributed by atoms with Crippen LogP contribution in [0.1, 0.15) is 16.7 Å². The quantitative estimate of drug-likeness (QED) is 0.888. The summed E-state index contributed by atoms with van der Waals surface area (Å²) in [4.78, 5) is 11.9. The molecule has 0 atom stereocenters. The summed E-state index contributed by atoms with van der Waals surface area (Å²) >= 11 is 0. The molecule has 3 nitrogen and oxygen atoms in total. The van der Waals surface area contributed by atoms with Gasteiger partial charge in [-0.25, -0.2) is 0 Å². The zero-order chi connectivity index (χ0) is 14.5. The zero-order valence-corrected chi connectivity index (χ0v) is 12.2. The molecular weight excluding hydrogens is 248 g/mol. The lowest BCUT2D eigenvalue weighted by atomic mass is 10.1. The fourth-order valence-corrected chi connectivity index (χ4v) is 2.03. The van der Waals surface area contributed by atoms with Crippen LogP contribution in [0.4, 0.5) is 11.4 Å². The largest absolute Gasteiger partial charge is 0.376 e. The monoisotopic (exact) mass is 268 g/mol. The van der Waals surface area contributed by atoms with Crippen molar-refractivity contribution in [2.45, 2.75) is 20.8 Å². The highest BCUT2D eigenvalue weighted by molar-refractivity contribution is 5.93. The Labute approximate surface area is 120 Å². The van der Waals surface area contributed by atoms with E-state index >= 15 is 0 Å². The second kappa shape index (κ2) is 6.24. The van der Waals surface area contributed by atoms with Crippen molar-refractivity contribution in [3.8, 4) is 0 Å². The molecule has 20 heavy (non-hydrogen) atoms. The van der Waals surface area contributed by atoms with E-state index in [0.717, 1.165) is 16.9 Å². The van der Waals surface area contributed by atoms with Crippen molar-refractivity contribution < 1.29 is 4.79 Å². The Morgan fingerprint density at radius 1 is 0.950 bits per heavy atom. The molecule has 0 aliphatic rings. The zero-order valence-electron chi connectivity index (χ0n) is 12.2. The lowest BCUT2D eigenvalue weighted by molar-refractivity contribution is -0.114. The fourth-order valence-electron chi connectivity index (χ4n) is 2.03. The molecule has 0 radical (unpaired) electrons. The van der Waals surface area contributed by atoms with Crippen molar-refractivity contribution >= 4 is 17.3 Å². The number of amides is 1. The van der Waals surface area contributed by atoms with Gasteiger partial charge in [0.15, 0.2) is 0 Å². The average Bonchev–Trinajstić information content (AvgIpc) is 2.40. The summed E-state index contributed by atoms with van der Waals surface area (Å²) in [6, 6.07) is 13.9. The topological polar surface area (TPSA) is 41.1 Å². The van der Waals surface area contributed by atoms with Crippen molar-refractivity contribution in [2.24, 2.45) is 0 Å². The highest BCUT2D eigenvalue weighted by atomic mass is 16.1. The van der Waals surface area contributed by atoms with E-state index in [1.54, 1.807) is 0 Å². The van der Waals surface area contributed by atoms with Gasteiger partial charge in [-0.3, -0.25) is 4.79 Å². The first-order chi connectivity index (χ1) is 9.54. The second-order valence-corrected chi connectivity index (χ2v) is 5.09. The molecule has 0 saturated heterocycles. The van der Waals surface area contributed by atoms with Gasteiger partial charge in [0.1, 0.15) is 0 Å². The van der Waals surface area contributed by atoms with E-state index < -0.39 is 0 Å². The fraction of sp³-hybridized carbons (Fsp3) is 0.235. The van der Waals surface area contributed by atoms with E-state index in [0.29, 0.717) is 0 Å². The lowest BCUT2D eigenvalue weighted by Crippen LogP contribution is -2.22. The van der Waals surface area contributed by atoms with Crippen molar-refractivity contribution in [2.75, 3.05) is 17.2 Å². The van der Waals surface area contributed by atoms with Gasteiger partial charge >= 0.3 is 0 Å². The van der Waals surface area contributed by atoms with Crippen molar-refractivity contribution in [1.82, 2.24) is 0 Å². The first-order valence-electron chi connectivity index (χ1n) is 6.72. The highest BCUT2D eigenvalue weighted by Gasteiger charge is 2.03. The molecule has 0 aliphatic heterocycles. The van der Waals surface area contributed by atoms with Crippen LogP contribution >= 0.6 is 0 Å². The third-order valence-electron chi connectivity index (χ3n) is 3.16. The van der Waals surface area contributed by atoms with Crippen LogP contribution in [0, 0.1) is 20.8 Å². The molecule has 0 unspecified atom stereocenters. The van der Waals surface area contributed by atoms with Gasteiger partial charge in [-0.05, 0) is 44.5 Å². The molecule has 2 aromatic rings. The molecule has 2 aromatic carbocycles.